The van der Waals surface area contributed by atoms with Crippen LogP contribution >= 0.6 is 0 Å². The number of aliphatic hydroxyl groups excluding tert-OH is 1. The van der Waals surface area contributed by atoms with E-state index in [1.807, 2.05) is 17.6 Å². The first-order chi connectivity index (χ1) is 11.1. The average molecular weight is 315 g/mol. The van der Waals surface area contributed by atoms with Crippen LogP contribution < -0.4 is 5.43 Å². The van der Waals surface area contributed by atoms with Crippen molar-refractivity contribution in [2.45, 2.75) is 33.2 Å². The van der Waals surface area contributed by atoms with Gasteiger partial charge in [0, 0.05) is 24.7 Å². The smallest absolute Gasteiger partial charge is 0.343 e. The number of rotatable bonds is 4. The summed E-state index contributed by atoms with van der Waals surface area (Å²) < 4.78 is 6.94. The second-order valence-electron chi connectivity index (χ2n) is 5.93. The van der Waals surface area contributed by atoms with E-state index in [2.05, 4.69) is 0 Å². The fourth-order valence-corrected chi connectivity index (χ4v) is 3.44. The Morgan fingerprint density at radius 1 is 1.35 bits per heavy atom. The fourth-order valence-electron chi connectivity index (χ4n) is 3.44. The van der Waals surface area contributed by atoms with Crippen LogP contribution in [0.5, 0.6) is 0 Å². The quantitative estimate of drug-likeness (QED) is 0.875. The summed E-state index contributed by atoms with van der Waals surface area (Å²) in [4.78, 5) is 24.7. The predicted molar refractivity (Wildman–Crippen MR) is 87.8 cm³/mol. The third-order valence-electron chi connectivity index (χ3n) is 4.54. The zero-order chi connectivity index (χ0) is 16.6. The normalized spacial score (nSPS) is 16.6. The molecule has 1 aliphatic carbocycles. The van der Waals surface area contributed by atoms with Gasteiger partial charge in [-0.1, -0.05) is 6.07 Å². The van der Waals surface area contributed by atoms with Crippen molar-refractivity contribution in [1.29, 1.82) is 0 Å². The number of carbonyl (C=O) groups is 1. The van der Waals surface area contributed by atoms with E-state index < -0.39 is 5.97 Å². The highest BCUT2D eigenvalue weighted by atomic mass is 16.5. The van der Waals surface area contributed by atoms with E-state index in [4.69, 9.17) is 4.74 Å². The Balaban J connectivity index is 2.26. The zero-order valence-corrected chi connectivity index (χ0v) is 13.5. The topological polar surface area (TPSA) is 68.5 Å². The lowest BCUT2D eigenvalue weighted by Crippen LogP contribution is -2.21. The minimum absolute atomic E-state index is 0.0813. The molecule has 1 unspecified atom stereocenters. The second kappa shape index (κ2) is 6.16. The number of esters is 1. The van der Waals surface area contributed by atoms with E-state index in [0.29, 0.717) is 11.9 Å². The molecule has 0 saturated heterocycles. The van der Waals surface area contributed by atoms with E-state index in [1.54, 1.807) is 19.2 Å². The molecule has 0 bridgehead atoms. The standard InChI is InChI=1S/C18H21NO4/c1-3-19-9-15(18(22)23-4-2)17(21)13-6-5-12-7-11(10-20)8-14(12)16(13)19/h5-6,9,11,20H,3-4,7-8,10H2,1-2H3. The second-order valence-corrected chi connectivity index (χ2v) is 5.93. The Kier molecular flexibility index (Phi) is 4.22. The van der Waals surface area contributed by atoms with Gasteiger partial charge in [-0.25, -0.2) is 4.79 Å². The molecule has 122 valence electrons. The Morgan fingerprint density at radius 2 is 2.13 bits per heavy atom. The number of pyridine rings is 1. The van der Waals surface area contributed by atoms with Gasteiger partial charge in [0.25, 0.3) is 0 Å². The maximum atomic E-state index is 12.7. The minimum Gasteiger partial charge on any atom is -0.462 e. The molecule has 0 amide bonds. The van der Waals surface area contributed by atoms with Crippen molar-refractivity contribution in [3.05, 3.63) is 45.2 Å². The van der Waals surface area contributed by atoms with E-state index in [1.165, 1.54) is 5.56 Å². The van der Waals surface area contributed by atoms with Gasteiger partial charge in [0.1, 0.15) is 5.56 Å². The van der Waals surface area contributed by atoms with Crippen LogP contribution in [0.2, 0.25) is 0 Å². The molecule has 1 aliphatic rings. The van der Waals surface area contributed by atoms with Gasteiger partial charge < -0.3 is 14.4 Å². The molecule has 1 aromatic heterocycles. The summed E-state index contributed by atoms with van der Waals surface area (Å²) in [7, 11) is 0. The van der Waals surface area contributed by atoms with Gasteiger partial charge in [-0.15, -0.1) is 0 Å². The average Bonchev–Trinajstić information content (AvgIpc) is 2.98. The lowest BCUT2D eigenvalue weighted by atomic mass is 10.0. The van der Waals surface area contributed by atoms with Crippen molar-refractivity contribution in [2.24, 2.45) is 5.92 Å². The molecule has 2 aromatic rings. The lowest BCUT2D eigenvalue weighted by molar-refractivity contribution is 0.0524. The van der Waals surface area contributed by atoms with Crippen LogP contribution in [0.25, 0.3) is 10.9 Å². The molecule has 0 radical (unpaired) electrons. The van der Waals surface area contributed by atoms with Crippen molar-refractivity contribution in [2.75, 3.05) is 13.2 Å². The summed E-state index contributed by atoms with van der Waals surface area (Å²) in [6, 6.07) is 3.74. The van der Waals surface area contributed by atoms with Crippen molar-refractivity contribution in [1.82, 2.24) is 4.57 Å². The van der Waals surface area contributed by atoms with E-state index in [0.717, 1.165) is 23.9 Å². The third kappa shape index (κ3) is 2.55. The van der Waals surface area contributed by atoms with Crippen molar-refractivity contribution >= 4 is 16.9 Å². The summed E-state index contributed by atoms with van der Waals surface area (Å²) in [5.74, 6) is -0.365. The molecule has 1 atom stereocenters. The van der Waals surface area contributed by atoms with Gasteiger partial charge >= 0.3 is 5.97 Å². The van der Waals surface area contributed by atoms with Crippen LogP contribution in [-0.4, -0.2) is 28.9 Å². The fraction of sp³-hybridized carbons (Fsp3) is 0.444. The number of benzene rings is 1. The maximum Gasteiger partial charge on any atom is 0.343 e. The van der Waals surface area contributed by atoms with Gasteiger partial charge in [-0.2, -0.15) is 0 Å². The summed E-state index contributed by atoms with van der Waals surface area (Å²) >= 11 is 0. The highest BCUT2D eigenvalue weighted by molar-refractivity contribution is 5.95. The van der Waals surface area contributed by atoms with Crippen LogP contribution in [0.4, 0.5) is 0 Å². The van der Waals surface area contributed by atoms with Gasteiger partial charge in [0.15, 0.2) is 0 Å². The Morgan fingerprint density at radius 3 is 2.78 bits per heavy atom. The van der Waals surface area contributed by atoms with Crippen LogP contribution in [0.15, 0.2) is 23.1 Å². The third-order valence-corrected chi connectivity index (χ3v) is 4.54. The number of hydrogen-bond donors (Lipinski definition) is 1. The molecular formula is C18H21NO4. The van der Waals surface area contributed by atoms with Gasteiger partial charge in [0.2, 0.25) is 5.43 Å². The van der Waals surface area contributed by atoms with E-state index in [9.17, 15) is 14.7 Å². The van der Waals surface area contributed by atoms with Gasteiger partial charge in [-0.05, 0) is 49.8 Å². The molecule has 5 nitrogen and oxygen atoms in total. The molecule has 0 fully saturated rings. The van der Waals surface area contributed by atoms with Crippen molar-refractivity contribution < 1.29 is 14.6 Å². The number of aromatic nitrogens is 1. The lowest BCUT2D eigenvalue weighted by Gasteiger charge is -2.14. The Bertz CT molecular complexity index is 822. The van der Waals surface area contributed by atoms with Gasteiger partial charge in [-0.3, -0.25) is 4.79 Å². The van der Waals surface area contributed by atoms with Crippen molar-refractivity contribution in [3.63, 3.8) is 0 Å². The highest BCUT2D eigenvalue weighted by Gasteiger charge is 2.26. The van der Waals surface area contributed by atoms with Gasteiger partial charge in [0.05, 0.1) is 12.1 Å². The number of fused-ring (bicyclic) bond motifs is 3. The molecule has 1 N–H and O–H groups in total. The number of hydrogen-bond acceptors (Lipinski definition) is 4. The first kappa shape index (κ1) is 15.7. The monoisotopic (exact) mass is 315 g/mol. The molecular weight excluding hydrogens is 294 g/mol. The maximum absolute atomic E-state index is 12.7. The summed E-state index contributed by atoms with van der Waals surface area (Å²) in [6.45, 7) is 4.75. The summed E-state index contributed by atoms with van der Waals surface area (Å²) in [5, 5.41) is 9.99. The molecule has 3 rings (SSSR count). The molecule has 1 aromatic carbocycles. The van der Waals surface area contributed by atoms with Crippen molar-refractivity contribution in [3.8, 4) is 0 Å². The number of nitrogens with zero attached hydrogens (tertiary/aromatic N) is 1. The first-order valence-corrected chi connectivity index (χ1v) is 8.06. The summed E-state index contributed by atoms with van der Waals surface area (Å²) in [6.07, 6.45) is 3.20. The number of aliphatic hydroxyl groups is 1. The van der Waals surface area contributed by atoms with E-state index >= 15 is 0 Å². The van der Waals surface area contributed by atoms with E-state index in [-0.39, 0.29) is 30.1 Å². The molecule has 23 heavy (non-hydrogen) atoms. The van der Waals surface area contributed by atoms with Crippen LogP contribution in [0.1, 0.15) is 35.3 Å². The molecule has 0 spiro atoms. The van der Waals surface area contributed by atoms with Crippen LogP contribution in [0.3, 0.4) is 0 Å². The summed E-state index contributed by atoms with van der Waals surface area (Å²) in [5.41, 5.74) is 2.99. The molecule has 0 aliphatic heterocycles. The largest absolute Gasteiger partial charge is 0.462 e. The molecule has 5 heteroatoms. The first-order valence-electron chi connectivity index (χ1n) is 8.06. The highest BCUT2D eigenvalue weighted by Crippen LogP contribution is 2.32. The number of carbonyl (C=O) groups excluding carboxylic acids is 1. The minimum atomic E-state index is -0.574. The SMILES string of the molecule is CCOC(=O)c1cn(CC)c2c3c(ccc2c1=O)CC(CO)C3. The van der Waals surface area contributed by atoms with Crippen LogP contribution in [-0.2, 0) is 24.1 Å². The Labute approximate surface area is 134 Å². The number of ether oxygens (including phenoxy) is 1. The molecule has 1 heterocycles. The molecule has 0 saturated carbocycles. The van der Waals surface area contributed by atoms with Crippen LogP contribution in [0, 0.1) is 5.92 Å². The predicted octanol–water partition coefficient (Wildman–Crippen LogP) is 1.91. The zero-order valence-electron chi connectivity index (χ0n) is 13.5. The number of aryl methyl sites for hydroxylation is 1. The Hall–Kier alpha value is -2.14.